The molecule has 0 N–H and O–H groups in total. The zero-order valence-electron chi connectivity index (χ0n) is 19.0. The van der Waals surface area contributed by atoms with Crippen LogP contribution in [0.25, 0.3) is 0 Å². The fraction of sp³-hybridized carbons (Fsp3) is 1.00. The van der Waals surface area contributed by atoms with Gasteiger partial charge in [0, 0.05) is 13.2 Å². The van der Waals surface area contributed by atoms with E-state index in [-0.39, 0.29) is 0 Å². The molecule has 7 nitrogen and oxygen atoms in total. The molecule has 0 heterocycles. The predicted molar refractivity (Wildman–Crippen MR) is 116 cm³/mol. The van der Waals surface area contributed by atoms with Crippen LogP contribution >= 0.6 is 8.60 Å². The first kappa shape index (κ1) is 29.1. The van der Waals surface area contributed by atoms with Gasteiger partial charge in [-0.15, -0.1) is 14.0 Å². The van der Waals surface area contributed by atoms with Crippen molar-refractivity contribution in [3.63, 3.8) is 0 Å². The molecule has 8 heteroatoms. The smallest absolute Gasteiger partial charge is 0.381 e. The fourth-order valence-electron chi connectivity index (χ4n) is 2.96. The van der Waals surface area contributed by atoms with Crippen LogP contribution < -0.4 is 0 Å². The van der Waals surface area contributed by atoms with Gasteiger partial charge in [0.15, 0.2) is 0 Å². The summed E-state index contributed by atoms with van der Waals surface area (Å²) in [6.45, 7) is 4.12. The highest BCUT2D eigenvalue weighted by Crippen LogP contribution is 2.39. The Morgan fingerprint density at radius 2 is 0.931 bits per heavy atom. The molecule has 176 valence electrons. The topological polar surface area (TPSA) is 64.6 Å². The van der Waals surface area contributed by atoms with Crippen molar-refractivity contribution in [2.45, 2.75) is 103 Å². The first-order valence-electron chi connectivity index (χ1n) is 11.4. The molecule has 0 spiro atoms. The van der Waals surface area contributed by atoms with Gasteiger partial charge in [-0.05, 0) is 12.8 Å². The van der Waals surface area contributed by atoms with Crippen molar-refractivity contribution >= 4 is 8.60 Å². The standard InChI is InChI=1S/C21H45O7P/c1-4-5-6-7-8-9-10-11-12-13-14-15-16-17-19-24-20-18-21-25-28-29(26-22-2)27-23-3/h4-21H2,1-3H3. The Morgan fingerprint density at radius 3 is 1.41 bits per heavy atom. The number of rotatable bonds is 25. The Hall–Kier alpha value is 0.150. The van der Waals surface area contributed by atoms with Crippen LogP contribution in [0.15, 0.2) is 0 Å². The molecule has 0 aromatic carbocycles. The fourth-order valence-corrected chi connectivity index (χ4v) is 3.44. The Labute approximate surface area is 179 Å². The molecule has 0 unspecified atom stereocenters. The first-order valence-corrected chi connectivity index (χ1v) is 12.5. The van der Waals surface area contributed by atoms with Gasteiger partial charge in [0.2, 0.25) is 0 Å². The average molecular weight is 441 g/mol. The van der Waals surface area contributed by atoms with Gasteiger partial charge in [0.25, 0.3) is 0 Å². The summed E-state index contributed by atoms with van der Waals surface area (Å²) in [7, 11) is 0.886. The van der Waals surface area contributed by atoms with E-state index in [1.54, 1.807) is 0 Å². The molecule has 0 saturated heterocycles. The first-order chi connectivity index (χ1) is 14.3. The Morgan fingerprint density at radius 1 is 0.483 bits per heavy atom. The van der Waals surface area contributed by atoms with Crippen molar-refractivity contribution in [1.29, 1.82) is 0 Å². The Bertz CT molecular complexity index is 292. The molecular weight excluding hydrogens is 395 g/mol. The number of ether oxygens (including phenoxy) is 1. The highest BCUT2D eigenvalue weighted by molar-refractivity contribution is 7.41. The van der Waals surface area contributed by atoms with Crippen LogP contribution in [0.2, 0.25) is 0 Å². The molecule has 0 amide bonds. The SMILES string of the molecule is CCCCCCCCCCCCCCCCOCCCOOP(OOC)OOC. The molecule has 29 heavy (non-hydrogen) atoms. The van der Waals surface area contributed by atoms with E-state index < -0.39 is 8.60 Å². The quantitative estimate of drug-likeness (QED) is 0.0643. The van der Waals surface area contributed by atoms with Crippen LogP contribution in [0.1, 0.15) is 103 Å². The Kier molecular flexibility index (Phi) is 26.3. The summed E-state index contributed by atoms with van der Waals surface area (Å²) >= 11 is 0. The summed E-state index contributed by atoms with van der Waals surface area (Å²) in [6.07, 6.45) is 19.9. The summed E-state index contributed by atoms with van der Waals surface area (Å²) in [6, 6.07) is 0. The number of unbranched alkanes of at least 4 members (excludes halogenated alkanes) is 13. The third kappa shape index (κ3) is 24.3. The summed E-state index contributed by atoms with van der Waals surface area (Å²) < 4.78 is 19.8. The summed E-state index contributed by atoms with van der Waals surface area (Å²) in [5.41, 5.74) is 0. The molecule has 0 aliphatic heterocycles. The van der Waals surface area contributed by atoms with Gasteiger partial charge in [0.1, 0.15) is 0 Å². The number of hydrogen-bond donors (Lipinski definition) is 0. The van der Waals surface area contributed by atoms with E-state index >= 15 is 0 Å². The van der Waals surface area contributed by atoms with Crippen LogP contribution in [0, 0.1) is 0 Å². The van der Waals surface area contributed by atoms with Gasteiger partial charge >= 0.3 is 8.60 Å². The van der Waals surface area contributed by atoms with Gasteiger partial charge in [0.05, 0.1) is 20.8 Å². The second kappa shape index (κ2) is 26.2. The van der Waals surface area contributed by atoms with Crippen LogP contribution in [-0.2, 0) is 33.4 Å². The van der Waals surface area contributed by atoms with Crippen molar-refractivity contribution in [2.75, 3.05) is 34.0 Å². The lowest BCUT2D eigenvalue weighted by atomic mass is 10.0. The minimum Gasteiger partial charge on any atom is -0.381 e. The highest BCUT2D eigenvalue weighted by atomic mass is 31.2. The van der Waals surface area contributed by atoms with Crippen LogP contribution in [0.4, 0.5) is 0 Å². The zero-order chi connectivity index (χ0) is 21.3. The second-order valence-corrected chi connectivity index (χ2v) is 8.06. The molecule has 0 aliphatic rings. The van der Waals surface area contributed by atoms with E-state index in [9.17, 15) is 0 Å². The molecule has 0 aromatic rings. The van der Waals surface area contributed by atoms with E-state index in [0.717, 1.165) is 19.4 Å². The maximum absolute atomic E-state index is 5.60. The molecule has 0 atom stereocenters. The van der Waals surface area contributed by atoms with E-state index in [4.69, 9.17) is 14.3 Å². The predicted octanol–water partition coefficient (Wildman–Crippen LogP) is 7.21. The van der Waals surface area contributed by atoms with Gasteiger partial charge < -0.3 is 4.74 Å². The van der Waals surface area contributed by atoms with Crippen LogP contribution in [0.5, 0.6) is 0 Å². The van der Waals surface area contributed by atoms with Crippen molar-refractivity contribution < 1.29 is 33.4 Å². The van der Waals surface area contributed by atoms with Crippen LogP contribution in [-0.4, -0.2) is 34.0 Å². The van der Waals surface area contributed by atoms with E-state index in [1.807, 2.05) is 0 Å². The lowest BCUT2D eigenvalue weighted by Crippen LogP contribution is -2.03. The van der Waals surface area contributed by atoms with Crippen molar-refractivity contribution in [3.8, 4) is 0 Å². The molecule has 0 rings (SSSR count). The number of hydrogen-bond acceptors (Lipinski definition) is 7. The van der Waals surface area contributed by atoms with E-state index in [0.29, 0.717) is 13.2 Å². The van der Waals surface area contributed by atoms with Gasteiger partial charge in [-0.25, -0.2) is 14.7 Å². The van der Waals surface area contributed by atoms with Gasteiger partial charge in [-0.1, -0.05) is 90.4 Å². The van der Waals surface area contributed by atoms with Crippen molar-refractivity contribution in [2.24, 2.45) is 0 Å². The second-order valence-electron chi connectivity index (χ2n) is 7.16. The lowest BCUT2D eigenvalue weighted by Gasteiger charge is -2.10. The lowest BCUT2D eigenvalue weighted by molar-refractivity contribution is -0.297. The summed E-state index contributed by atoms with van der Waals surface area (Å²) in [5.74, 6) is 0. The van der Waals surface area contributed by atoms with E-state index in [1.165, 1.54) is 97.7 Å². The molecular formula is C21H45O7P. The minimum absolute atomic E-state index is 0.387. The van der Waals surface area contributed by atoms with Crippen molar-refractivity contribution in [3.05, 3.63) is 0 Å². The molecule has 0 bridgehead atoms. The van der Waals surface area contributed by atoms with Gasteiger partial charge in [-0.3, -0.25) is 0 Å². The maximum atomic E-state index is 5.60. The monoisotopic (exact) mass is 440 g/mol. The summed E-state index contributed by atoms with van der Waals surface area (Å²) in [5, 5.41) is 0. The maximum Gasteiger partial charge on any atom is 0.421 e. The average Bonchev–Trinajstić information content (AvgIpc) is 2.72. The molecule has 0 aromatic heterocycles. The van der Waals surface area contributed by atoms with Gasteiger partial charge in [-0.2, -0.15) is 0 Å². The molecule has 0 aliphatic carbocycles. The van der Waals surface area contributed by atoms with Crippen molar-refractivity contribution in [1.82, 2.24) is 0 Å². The largest absolute Gasteiger partial charge is 0.421 e. The molecule has 0 saturated carbocycles. The summed E-state index contributed by atoms with van der Waals surface area (Å²) in [4.78, 5) is 13.9. The third-order valence-electron chi connectivity index (χ3n) is 4.54. The van der Waals surface area contributed by atoms with E-state index in [2.05, 4.69) is 26.0 Å². The Balaban J connectivity index is 3.11. The molecule has 0 fully saturated rings. The third-order valence-corrected chi connectivity index (χ3v) is 5.31. The molecule has 0 radical (unpaired) electrons. The minimum atomic E-state index is -1.81. The normalized spacial score (nSPS) is 11.6. The van der Waals surface area contributed by atoms with Crippen LogP contribution in [0.3, 0.4) is 0 Å². The highest BCUT2D eigenvalue weighted by Gasteiger charge is 2.15. The zero-order valence-corrected chi connectivity index (χ0v) is 19.9.